The number of rotatable bonds is 4. The Morgan fingerprint density at radius 2 is 2.07 bits per heavy atom. The van der Waals surface area contributed by atoms with Crippen molar-refractivity contribution in [3.8, 4) is 0 Å². The van der Waals surface area contributed by atoms with Gasteiger partial charge in [0.25, 0.3) is 0 Å². The predicted molar refractivity (Wildman–Crippen MR) is 54.2 cm³/mol. The van der Waals surface area contributed by atoms with Crippen LogP contribution in [0.5, 0.6) is 0 Å². The van der Waals surface area contributed by atoms with Crippen molar-refractivity contribution in [1.29, 1.82) is 0 Å². The van der Waals surface area contributed by atoms with Gasteiger partial charge in [0.15, 0.2) is 11.6 Å². The summed E-state index contributed by atoms with van der Waals surface area (Å²) in [5.41, 5.74) is 5.59. The van der Waals surface area contributed by atoms with Gasteiger partial charge in [-0.05, 0) is 18.9 Å². The molecule has 3 N–H and O–H groups in total. The van der Waals surface area contributed by atoms with Crippen molar-refractivity contribution in [3.63, 3.8) is 0 Å². The van der Waals surface area contributed by atoms with Crippen LogP contribution in [0.4, 0.5) is 8.78 Å². The number of hydrogen-bond donors (Lipinski definition) is 2. The van der Waals surface area contributed by atoms with Crippen molar-refractivity contribution >= 4 is 0 Å². The van der Waals surface area contributed by atoms with Gasteiger partial charge in [0.2, 0.25) is 0 Å². The van der Waals surface area contributed by atoms with Crippen molar-refractivity contribution in [2.24, 2.45) is 5.73 Å². The number of nitrogens with two attached hydrogens (primary N) is 1. The lowest BCUT2D eigenvalue weighted by molar-refractivity contribution is 0.151. The highest BCUT2D eigenvalue weighted by Gasteiger charge is 2.17. The lowest BCUT2D eigenvalue weighted by atomic mass is 10.0. The molecule has 0 bridgehead atoms. The lowest BCUT2D eigenvalue weighted by Crippen LogP contribution is -2.22. The van der Waals surface area contributed by atoms with Crippen molar-refractivity contribution in [2.75, 3.05) is 0 Å². The summed E-state index contributed by atoms with van der Waals surface area (Å²) in [5.74, 6) is -1.94. The molecule has 0 aliphatic carbocycles. The number of halogens is 2. The summed E-state index contributed by atoms with van der Waals surface area (Å²) < 4.78 is 26.1. The summed E-state index contributed by atoms with van der Waals surface area (Å²) in [6, 6.07) is 3.55. The molecule has 0 aliphatic rings. The standard InChI is InChI=1S/C11H15F2NO/c1-2-7(14)6-10(15)8-4-3-5-9(12)11(8)13/h3-5,7,10,15H,2,6,14H2,1H3. The van der Waals surface area contributed by atoms with Crippen LogP contribution in [0.15, 0.2) is 18.2 Å². The van der Waals surface area contributed by atoms with Crippen LogP contribution in [0.25, 0.3) is 0 Å². The van der Waals surface area contributed by atoms with E-state index < -0.39 is 17.7 Å². The van der Waals surface area contributed by atoms with Crippen LogP contribution < -0.4 is 5.73 Å². The molecular formula is C11H15F2NO. The van der Waals surface area contributed by atoms with E-state index >= 15 is 0 Å². The first-order valence-electron chi connectivity index (χ1n) is 4.93. The van der Waals surface area contributed by atoms with Gasteiger partial charge < -0.3 is 10.8 Å². The molecule has 0 heterocycles. The summed E-state index contributed by atoms with van der Waals surface area (Å²) in [6.45, 7) is 1.87. The fraction of sp³-hybridized carbons (Fsp3) is 0.455. The van der Waals surface area contributed by atoms with Crippen molar-refractivity contribution in [2.45, 2.75) is 31.9 Å². The van der Waals surface area contributed by atoms with Crippen LogP contribution in [0, 0.1) is 11.6 Å². The largest absolute Gasteiger partial charge is 0.388 e. The van der Waals surface area contributed by atoms with Crippen molar-refractivity contribution in [1.82, 2.24) is 0 Å². The molecule has 0 fully saturated rings. The van der Waals surface area contributed by atoms with Crippen LogP contribution in [0.1, 0.15) is 31.4 Å². The first-order chi connectivity index (χ1) is 7.06. The molecule has 0 saturated heterocycles. The fourth-order valence-electron chi connectivity index (χ4n) is 1.36. The molecule has 0 spiro atoms. The molecule has 2 nitrogen and oxygen atoms in total. The maximum absolute atomic E-state index is 13.2. The van der Waals surface area contributed by atoms with Gasteiger partial charge in [-0.1, -0.05) is 19.1 Å². The quantitative estimate of drug-likeness (QED) is 0.808. The first kappa shape index (κ1) is 12.1. The third-order valence-electron chi connectivity index (χ3n) is 2.39. The Balaban J connectivity index is 2.82. The molecule has 15 heavy (non-hydrogen) atoms. The van der Waals surface area contributed by atoms with E-state index in [4.69, 9.17) is 5.73 Å². The highest BCUT2D eigenvalue weighted by atomic mass is 19.2. The molecule has 0 aromatic heterocycles. The highest BCUT2D eigenvalue weighted by molar-refractivity contribution is 5.21. The molecule has 0 aliphatic heterocycles. The van der Waals surface area contributed by atoms with E-state index in [1.807, 2.05) is 6.92 Å². The van der Waals surface area contributed by atoms with E-state index in [9.17, 15) is 13.9 Å². The fourth-order valence-corrected chi connectivity index (χ4v) is 1.36. The van der Waals surface area contributed by atoms with Gasteiger partial charge in [-0.25, -0.2) is 8.78 Å². The minimum atomic E-state index is -1.05. The van der Waals surface area contributed by atoms with Crippen molar-refractivity contribution < 1.29 is 13.9 Å². The Labute approximate surface area is 87.7 Å². The molecule has 84 valence electrons. The average molecular weight is 215 g/mol. The molecule has 1 aromatic rings. The Bertz CT molecular complexity index is 330. The lowest BCUT2D eigenvalue weighted by Gasteiger charge is -2.15. The SMILES string of the molecule is CCC(N)CC(O)c1cccc(F)c1F. The second-order valence-corrected chi connectivity index (χ2v) is 3.56. The zero-order chi connectivity index (χ0) is 11.4. The van der Waals surface area contributed by atoms with E-state index in [-0.39, 0.29) is 18.0 Å². The summed E-state index contributed by atoms with van der Waals surface area (Å²) in [5, 5.41) is 9.64. The molecule has 2 unspecified atom stereocenters. The van der Waals surface area contributed by atoms with Gasteiger partial charge in [0.1, 0.15) is 0 Å². The van der Waals surface area contributed by atoms with E-state index in [0.717, 1.165) is 6.07 Å². The third kappa shape index (κ3) is 2.97. The van der Waals surface area contributed by atoms with Gasteiger partial charge in [-0.2, -0.15) is 0 Å². The molecule has 0 radical (unpaired) electrons. The van der Waals surface area contributed by atoms with E-state index in [0.29, 0.717) is 6.42 Å². The Morgan fingerprint density at radius 1 is 1.40 bits per heavy atom. The zero-order valence-corrected chi connectivity index (χ0v) is 8.58. The normalized spacial score (nSPS) is 15.0. The molecule has 4 heteroatoms. The number of benzene rings is 1. The molecule has 1 aromatic carbocycles. The van der Waals surface area contributed by atoms with Gasteiger partial charge in [0, 0.05) is 11.6 Å². The molecule has 2 atom stereocenters. The second-order valence-electron chi connectivity index (χ2n) is 3.56. The summed E-state index contributed by atoms with van der Waals surface area (Å²) in [6.07, 6.45) is -0.124. The average Bonchev–Trinajstić information content (AvgIpc) is 2.21. The molecule has 0 amide bonds. The van der Waals surface area contributed by atoms with Crippen LogP contribution in [-0.2, 0) is 0 Å². The van der Waals surface area contributed by atoms with E-state index in [2.05, 4.69) is 0 Å². The minimum absolute atomic E-state index is 0.0288. The summed E-state index contributed by atoms with van der Waals surface area (Å²) in [7, 11) is 0. The van der Waals surface area contributed by atoms with Crippen LogP contribution >= 0.6 is 0 Å². The first-order valence-corrected chi connectivity index (χ1v) is 4.93. The topological polar surface area (TPSA) is 46.2 Å². The Kier molecular flexibility index (Phi) is 4.17. The minimum Gasteiger partial charge on any atom is -0.388 e. The van der Waals surface area contributed by atoms with Gasteiger partial charge in [-0.3, -0.25) is 0 Å². The Hall–Kier alpha value is -1.00. The molecule has 0 saturated carbocycles. The number of aliphatic hydroxyl groups is 1. The van der Waals surface area contributed by atoms with Crippen LogP contribution in [-0.4, -0.2) is 11.1 Å². The Morgan fingerprint density at radius 3 is 2.67 bits per heavy atom. The maximum atomic E-state index is 13.2. The van der Waals surface area contributed by atoms with Gasteiger partial charge in [0.05, 0.1) is 6.10 Å². The van der Waals surface area contributed by atoms with E-state index in [1.54, 1.807) is 0 Å². The zero-order valence-electron chi connectivity index (χ0n) is 8.58. The molecule has 1 rings (SSSR count). The number of hydrogen-bond acceptors (Lipinski definition) is 2. The highest BCUT2D eigenvalue weighted by Crippen LogP contribution is 2.23. The monoisotopic (exact) mass is 215 g/mol. The smallest absolute Gasteiger partial charge is 0.164 e. The summed E-state index contributed by atoms with van der Waals surface area (Å²) in [4.78, 5) is 0. The third-order valence-corrected chi connectivity index (χ3v) is 2.39. The van der Waals surface area contributed by atoms with Crippen molar-refractivity contribution in [3.05, 3.63) is 35.4 Å². The molecular weight excluding hydrogens is 200 g/mol. The number of aliphatic hydroxyl groups excluding tert-OH is 1. The summed E-state index contributed by atoms with van der Waals surface area (Å²) >= 11 is 0. The van der Waals surface area contributed by atoms with Gasteiger partial charge in [-0.15, -0.1) is 0 Å². The maximum Gasteiger partial charge on any atom is 0.164 e. The van der Waals surface area contributed by atoms with Crippen LogP contribution in [0.3, 0.4) is 0 Å². The second kappa shape index (κ2) is 5.19. The van der Waals surface area contributed by atoms with E-state index in [1.165, 1.54) is 12.1 Å². The van der Waals surface area contributed by atoms with Crippen LogP contribution in [0.2, 0.25) is 0 Å². The predicted octanol–water partition coefficient (Wildman–Crippen LogP) is 2.13. The van der Waals surface area contributed by atoms with Gasteiger partial charge >= 0.3 is 0 Å².